The van der Waals surface area contributed by atoms with E-state index >= 15 is 0 Å². The summed E-state index contributed by atoms with van der Waals surface area (Å²) in [6, 6.07) is 0. The van der Waals surface area contributed by atoms with Gasteiger partial charge in [-0.05, 0) is 0 Å². The molecule has 0 aromatic rings. The van der Waals surface area contributed by atoms with E-state index in [0.717, 1.165) is 0 Å². The van der Waals surface area contributed by atoms with Crippen molar-refractivity contribution in [1.29, 1.82) is 0 Å². The van der Waals surface area contributed by atoms with Crippen molar-refractivity contribution < 1.29 is 0 Å². The van der Waals surface area contributed by atoms with Crippen LogP contribution in [0.5, 0.6) is 0 Å². The van der Waals surface area contributed by atoms with Crippen molar-refractivity contribution in [2.75, 3.05) is 0 Å². The van der Waals surface area contributed by atoms with E-state index in [1.807, 2.05) is 0 Å². The van der Waals surface area contributed by atoms with Crippen molar-refractivity contribution >= 4 is 22.5 Å². The van der Waals surface area contributed by atoms with Gasteiger partial charge >= 0.3 is 72.4 Å². The molecule has 0 saturated heterocycles. The molecule has 0 aliphatic heterocycles. The molecule has 9 heavy (non-hydrogen) atoms. The Bertz CT molecular complexity index is 59.0. The maximum absolute atomic E-state index is 2.38. The zero-order valence-electron chi connectivity index (χ0n) is 6.83. The van der Waals surface area contributed by atoms with Crippen LogP contribution in [0.15, 0.2) is 0 Å². The fraction of sp³-hybridized carbons (Fsp3) is 1.00. The third kappa shape index (κ3) is 5.25. The van der Waals surface area contributed by atoms with Crippen LogP contribution in [-0.2, 0) is 0 Å². The summed E-state index contributed by atoms with van der Waals surface area (Å²) in [7, 11) is 0. The average molecular weight is 232 g/mol. The Morgan fingerprint density at radius 3 is 2.11 bits per heavy atom. The van der Waals surface area contributed by atoms with Gasteiger partial charge in [0.05, 0.1) is 0 Å². The first kappa shape index (κ1) is 9.80. The van der Waals surface area contributed by atoms with E-state index in [4.69, 9.17) is 0 Å². The summed E-state index contributed by atoms with van der Waals surface area (Å²) in [6.45, 7) is 7.02. The van der Waals surface area contributed by atoms with E-state index in [2.05, 4.69) is 20.8 Å². The fourth-order valence-electron chi connectivity index (χ4n) is 1.14. The molecule has 0 nitrogen and oxygen atoms in total. The molecule has 0 aromatic heterocycles. The summed E-state index contributed by atoms with van der Waals surface area (Å²) >= 11 is 1.69. The number of hydrogen-bond acceptors (Lipinski definition) is 0. The summed E-state index contributed by atoms with van der Waals surface area (Å²) in [5.74, 6) is 0. The van der Waals surface area contributed by atoms with E-state index in [1.54, 1.807) is 22.5 Å². The van der Waals surface area contributed by atoms with Crippen molar-refractivity contribution in [2.24, 2.45) is 5.41 Å². The summed E-state index contributed by atoms with van der Waals surface area (Å²) < 4.78 is 1.42. The minimum atomic E-state index is 0.623. The SMILES string of the molecule is CCCC(C)(C)C[CH2][Sn]. The third-order valence-electron chi connectivity index (χ3n) is 1.73. The van der Waals surface area contributed by atoms with Crippen molar-refractivity contribution in [1.82, 2.24) is 0 Å². The topological polar surface area (TPSA) is 0 Å². The molecular weight excluding hydrogens is 215 g/mol. The number of rotatable bonds is 4. The molecule has 0 aromatic carbocycles. The summed E-state index contributed by atoms with van der Waals surface area (Å²) in [5, 5.41) is 0. The maximum atomic E-state index is 2.38. The molecule has 0 saturated carbocycles. The number of hydrogen-bond donors (Lipinski definition) is 0. The van der Waals surface area contributed by atoms with Gasteiger partial charge in [0.1, 0.15) is 0 Å². The Morgan fingerprint density at radius 1 is 1.22 bits per heavy atom. The quantitative estimate of drug-likeness (QED) is 0.653. The third-order valence-corrected chi connectivity index (χ3v) is 2.44. The normalized spacial score (nSPS) is 12.0. The van der Waals surface area contributed by atoms with Crippen LogP contribution < -0.4 is 0 Å². The Hall–Kier alpha value is 0.799. The van der Waals surface area contributed by atoms with Crippen LogP contribution in [0.1, 0.15) is 40.0 Å². The standard InChI is InChI=1S/C8H17.Sn/c1-5-7-8(3,4)6-2;/h2,5-7H2,1,3-4H3;. The molecule has 0 fully saturated rings. The van der Waals surface area contributed by atoms with Gasteiger partial charge in [0.15, 0.2) is 0 Å². The molecule has 0 unspecified atom stereocenters. The molecule has 0 rings (SSSR count). The molecular formula is C8H17Sn. The monoisotopic (exact) mass is 233 g/mol. The van der Waals surface area contributed by atoms with Gasteiger partial charge in [-0.15, -0.1) is 0 Å². The van der Waals surface area contributed by atoms with Crippen LogP contribution in [-0.4, -0.2) is 22.5 Å². The van der Waals surface area contributed by atoms with Gasteiger partial charge in [0.25, 0.3) is 0 Å². The van der Waals surface area contributed by atoms with Gasteiger partial charge in [0.2, 0.25) is 0 Å². The first-order valence-electron chi connectivity index (χ1n) is 3.77. The van der Waals surface area contributed by atoms with Gasteiger partial charge in [0, 0.05) is 0 Å². The fourth-order valence-corrected chi connectivity index (χ4v) is 3.07. The molecule has 3 radical (unpaired) electrons. The second kappa shape index (κ2) is 4.59. The summed E-state index contributed by atoms with van der Waals surface area (Å²) in [5.41, 5.74) is 0.623. The second-order valence-electron chi connectivity index (χ2n) is 3.41. The first-order valence-corrected chi connectivity index (χ1v) is 5.79. The zero-order valence-corrected chi connectivity index (χ0v) is 9.68. The van der Waals surface area contributed by atoms with E-state index in [0.29, 0.717) is 5.41 Å². The van der Waals surface area contributed by atoms with Crippen LogP contribution in [0.4, 0.5) is 0 Å². The molecule has 0 N–H and O–H groups in total. The predicted molar refractivity (Wildman–Crippen MR) is 43.9 cm³/mol. The Morgan fingerprint density at radius 2 is 1.78 bits per heavy atom. The van der Waals surface area contributed by atoms with Gasteiger partial charge in [-0.25, -0.2) is 0 Å². The summed E-state index contributed by atoms with van der Waals surface area (Å²) in [4.78, 5) is 0. The van der Waals surface area contributed by atoms with E-state index in [-0.39, 0.29) is 0 Å². The van der Waals surface area contributed by atoms with Crippen molar-refractivity contribution in [3.8, 4) is 0 Å². The predicted octanol–water partition coefficient (Wildman–Crippen LogP) is 2.79. The van der Waals surface area contributed by atoms with Gasteiger partial charge in [-0.2, -0.15) is 0 Å². The Kier molecular flexibility index (Phi) is 5.00. The molecule has 0 bridgehead atoms. The molecule has 0 aliphatic rings. The minimum absolute atomic E-state index is 0.623. The van der Waals surface area contributed by atoms with Crippen LogP contribution in [0.3, 0.4) is 0 Å². The van der Waals surface area contributed by atoms with E-state index < -0.39 is 0 Å². The van der Waals surface area contributed by atoms with Crippen molar-refractivity contribution in [3.05, 3.63) is 0 Å². The molecule has 1 heteroatoms. The second-order valence-corrected chi connectivity index (χ2v) is 4.84. The van der Waals surface area contributed by atoms with E-state index in [1.165, 1.54) is 23.7 Å². The van der Waals surface area contributed by atoms with Crippen LogP contribution in [0.2, 0.25) is 4.44 Å². The molecule has 0 spiro atoms. The molecule has 53 valence electrons. The molecule has 0 atom stereocenters. The molecule has 0 aliphatic carbocycles. The Labute approximate surface area is 72.5 Å². The Balaban J connectivity index is 3.43. The molecule has 0 amide bonds. The van der Waals surface area contributed by atoms with Crippen LogP contribution in [0, 0.1) is 5.41 Å². The van der Waals surface area contributed by atoms with Gasteiger partial charge < -0.3 is 0 Å². The average Bonchev–Trinajstić information content (AvgIpc) is 1.64. The van der Waals surface area contributed by atoms with Gasteiger partial charge in [-0.3, -0.25) is 0 Å². The van der Waals surface area contributed by atoms with Gasteiger partial charge in [-0.1, -0.05) is 0 Å². The summed E-state index contributed by atoms with van der Waals surface area (Å²) in [6.07, 6.45) is 4.14. The van der Waals surface area contributed by atoms with Crippen molar-refractivity contribution in [2.45, 2.75) is 44.5 Å². The van der Waals surface area contributed by atoms with Crippen LogP contribution in [0.25, 0.3) is 0 Å². The van der Waals surface area contributed by atoms with Crippen molar-refractivity contribution in [3.63, 3.8) is 0 Å². The first-order chi connectivity index (χ1) is 4.12. The van der Waals surface area contributed by atoms with Crippen LogP contribution >= 0.6 is 0 Å². The molecule has 0 heterocycles. The zero-order chi connectivity index (χ0) is 7.33. The van der Waals surface area contributed by atoms with E-state index in [9.17, 15) is 0 Å².